The number of aliphatic hydroxyl groups is 1. The summed E-state index contributed by atoms with van der Waals surface area (Å²) >= 11 is 3.48. The van der Waals surface area contributed by atoms with E-state index >= 15 is 0 Å². The van der Waals surface area contributed by atoms with E-state index in [1.54, 1.807) is 0 Å². The fourth-order valence-corrected chi connectivity index (χ4v) is 2.87. The lowest BCUT2D eigenvalue weighted by Gasteiger charge is -2.24. The van der Waals surface area contributed by atoms with E-state index in [1.165, 1.54) is 0 Å². The molecule has 0 radical (unpaired) electrons. The summed E-state index contributed by atoms with van der Waals surface area (Å²) in [5.74, 6) is 1.11. The molecule has 108 valence electrons. The highest BCUT2D eigenvalue weighted by atomic mass is 79.9. The predicted octanol–water partition coefficient (Wildman–Crippen LogP) is 5.10. The van der Waals surface area contributed by atoms with Crippen LogP contribution in [0.5, 0.6) is 5.75 Å². The van der Waals surface area contributed by atoms with E-state index < -0.39 is 6.10 Å². The van der Waals surface area contributed by atoms with Gasteiger partial charge < -0.3 is 9.84 Å². The third kappa shape index (κ3) is 4.81. The molecule has 0 aliphatic rings. The molecule has 1 atom stereocenters. The molecule has 2 nitrogen and oxygen atoms in total. The number of hydrogen-bond donors (Lipinski definition) is 1. The van der Waals surface area contributed by atoms with Crippen LogP contribution in [-0.2, 0) is 0 Å². The first-order chi connectivity index (χ1) is 9.13. The average Bonchev–Trinajstić information content (AvgIpc) is 2.40. The average molecular weight is 329 g/mol. The van der Waals surface area contributed by atoms with Gasteiger partial charge in [0.25, 0.3) is 0 Å². The fraction of sp³-hybridized carbons (Fsp3) is 0.625. The van der Waals surface area contributed by atoms with Crippen LogP contribution in [0, 0.1) is 5.92 Å². The summed E-state index contributed by atoms with van der Waals surface area (Å²) in [6.07, 6.45) is 3.85. The molecule has 0 saturated heterocycles. The maximum Gasteiger partial charge on any atom is 0.125 e. The van der Waals surface area contributed by atoms with Gasteiger partial charge in [0.1, 0.15) is 5.75 Å². The Bertz CT molecular complexity index is 373. The smallest absolute Gasteiger partial charge is 0.125 e. The molecular formula is C16H25BrO2. The van der Waals surface area contributed by atoms with E-state index in [0.29, 0.717) is 12.5 Å². The van der Waals surface area contributed by atoms with Crippen LogP contribution in [0.4, 0.5) is 0 Å². The van der Waals surface area contributed by atoms with Gasteiger partial charge in [0, 0.05) is 10.0 Å². The van der Waals surface area contributed by atoms with Gasteiger partial charge in [0.2, 0.25) is 0 Å². The highest BCUT2D eigenvalue weighted by molar-refractivity contribution is 9.10. The normalized spacial score (nSPS) is 12.7. The van der Waals surface area contributed by atoms with E-state index in [9.17, 15) is 5.11 Å². The van der Waals surface area contributed by atoms with Crippen LogP contribution in [-0.4, -0.2) is 11.7 Å². The molecule has 1 aromatic carbocycles. The fourth-order valence-electron chi connectivity index (χ4n) is 2.49. The first kappa shape index (κ1) is 16.5. The van der Waals surface area contributed by atoms with Crippen molar-refractivity contribution >= 4 is 15.9 Å². The predicted molar refractivity (Wildman–Crippen MR) is 83.6 cm³/mol. The molecule has 0 bridgehead atoms. The largest absolute Gasteiger partial charge is 0.493 e. The number of rotatable bonds is 8. The zero-order valence-corrected chi connectivity index (χ0v) is 13.7. The molecule has 19 heavy (non-hydrogen) atoms. The summed E-state index contributed by atoms with van der Waals surface area (Å²) in [5, 5.41) is 10.7. The van der Waals surface area contributed by atoms with Crippen molar-refractivity contribution in [2.45, 2.75) is 52.6 Å². The zero-order valence-electron chi connectivity index (χ0n) is 12.2. The summed E-state index contributed by atoms with van der Waals surface area (Å²) in [6, 6.07) is 5.87. The van der Waals surface area contributed by atoms with Gasteiger partial charge in [0.05, 0.1) is 12.7 Å². The number of ether oxygens (including phenoxy) is 1. The van der Waals surface area contributed by atoms with Crippen molar-refractivity contribution in [2.75, 3.05) is 6.61 Å². The quantitative estimate of drug-likeness (QED) is 0.719. The second-order valence-corrected chi connectivity index (χ2v) is 5.81. The molecule has 1 aromatic rings. The Hall–Kier alpha value is -0.540. The SMILES string of the molecule is CCCC(CCC)C(O)c1cc(Br)ccc1OCC. The Morgan fingerprint density at radius 2 is 1.79 bits per heavy atom. The van der Waals surface area contributed by atoms with E-state index in [-0.39, 0.29) is 0 Å². The second-order valence-electron chi connectivity index (χ2n) is 4.90. The summed E-state index contributed by atoms with van der Waals surface area (Å²) in [5.41, 5.74) is 0.906. The van der Waals surface area contributed by atoms with Crippen molar-refractivity contribution in [3.05, 3.63) is 28.2 Å². The van der Waals surface area contributed by atoms with Crippen LogP contribution in [0.15, 0.2) is 22.7 Å². The standard InChI is InChI=1S/C16H25BrO2/c1-4-7-12(8-5-2)16(18)14-11-13(17)9-10-15(14)19-6-3/h9-12,16,18H,4-8H2,1-3H3. The Kier molecular flexibility index (Phi) is 7.47. The van der Waals surface area contributed by atoms with Gasteiger partial charge in [0.15, 0.2) is 0 Å². The van der Waals surface area contributed by atoms with Crippen LogP contribution >= 0.6 is 15.9 Å². The number of hydrogen-bond acceptors (Lipinski definition) is 2. The molecule has 1 rings (SSSR count). The lowest BCUT2D eigenvalue weighted by atomic mass is 9.88. The van der Waals surface area contributed by atoms with Crippen molar-refractivity contribution in [3.63, 3.8) is 0 Å². The van der Waals surface area contributed by atoms with Gasteiger partial charge in [-0.15, -0.1) is 0 Å². The van der Waals surface area contributed by atoms with Crippen LogP contribution in [0.1, 0.15) is 58.1 Å². The van der Waals surface area contributed by atoms with Crippen molar-refractivity contribution in [2.24, 2.45) is 5.92 Å². The van der Waals surface area contributed by atoms with Gasteiger partial charge in [-0.25, -0.2) is 0 Å². The van der Waals surface area contributed by atoms with Crippen LogP contribution < -0.4 is 4.74 Å². The Morgan fingerprint density at radius 1 is 1.16 bits per heavy atom. The number of aliphatic hydroxyl groups excluding tert-OH is 1. The summed E-state index contributed by atoms with van der Waals surface area (Å²) in [6.45, 7) is 6.92. The first-order valence-electron chi connectivity index (χ1n) is 7.24. The maximum atomic E-state index is 10.7. The maximum absolute atomic E-state index is 10.7. The van der Waals surface area contributed by atoms with Gasteiger partial charge in [-0.1, -0.05) is 42.6 Å². The molecule has 0 aliphatic carbocycles. The topological polar surface area (TPSA) is 29.5 Å². The van der Waals surface area contributed by atoms with Crippen LogP contribution in [0.25, 0.3) is 0 Å². The molecule has 0 aliphatic heterocycles. The highest BCUT2D eigenvalue weighted by Gasteiger charge is 2.22. The van der Waals surface area contributed by atoms with E-state index in [0.717, 1.165) is 41.5 Å². The third-order valence-electron chi connectivity index (χ3n) is 3.36. The number of halogens is 1. The lowest BCUT2D eigenvalue weighted by Crippen LogP contribution is -2.14. The molecule has 3 heteroatoms. The van der Waals surface area contributed by atoms with Gasteiger partial charge in [-0.05, 0) is 43.9 Å². The third-order valence-corrected chi connectivity index (χ3v) is 3.85. The van der Waals surface area contributed by atoms with Gasteiger partial charge in [-0.2, -0.15) is 0 Å². The zero-order chi connectivity index (χ0) is 14.3. The van der Waals surface area contributed by atoms with Crippen molar-refractivity contribution in [1.82, 2.24) is 0 Å². The molecule has 0 amide bonds. The minimum absolute atomic E-state index is 0.309. The summed E-state index contributed by atoms with van der Waals surface area (Å²) in [4.78, 5) is 0. The monoisotopic (exact) mass is 328 g/mol. The second kappa shape index (κ2) is 8.60. The minimum Gasteiger partial charge on any atom is -0.493 e. The van der Waals surface area contributed by atoms with Crippen LogP contribution in [0.3, 0.4) is 0 Å². The van der Waals surface area contributed by atoms with Crippen molar-refractivity contribution in [3.8, 4) is 5.75 Å². The molecule has 0 heterocycles. The molecule has 1 unspecified atom stereocenters. The lowest BCUT2D eigenvalue weighted by molar-refractivity contribution is 0.0931. The molecule has 1 N–H and O–H groups in total. The molecular weight excluding hydrogens is 304 g/mol. The van der Waals surface area contributed by atoms with E-state index in [2.05, 4.69) is 29.8 Å². The van der Waals surface area contributed by atoms with Crippen LogP contribution in [0.2, 0.25) is 0 Å². The molecule has 0 aromatic heterocycles. The molecule has 0 saturated carbocycles. The molecule has 0 fully saturated rings. The molecule has 0 spiro atoms. The van der Waals surface area contributed by atoms with Gasteiger partial charge >= 0.3 is 0 Å². The Balaban J connectivity index is 3.00. The van der Waals surface area contributed by atoms with Gasteiger partial charge in [-0.3, -0.25) is 0 Å². The van der Waals surface area contributed by atoms with Crippen molar-refractivity contribution < 1.29 is 9.84 Å². The Labute approximate surface area is 125 Å². The Morgan fingerprint density at radius 3 is 2.32 bits per heavy atom. The minimum atomic E-state index is -0.445. The summed E-state index contributed by atoms with van der Waals surface area (Å²) < 4.78 is 6.62. The number of benzene rings is 1. The first-order valence-corrected chi connectivity index (χ1v) is 8.03. The van der Waals surface area contributed by atoms with Crippen molar-refractivity contribution in [1.29, 1.82) is 0 Å². The summed E-state index contributed by atoms with van der Waals surface area (Å²) in [7, 11) is 0. The van der Waals surface area contributed by atoms with E-state index in [1.807, 2.05) is 25.1 Å². The highest BCUT2D eigenvalue weighted by Crippen LogP contribution is 2.36. The van der Waals surface area contributed by atoms with E-state index in [4.69, 9.17) is 4.74 Å².